The van der Waals surface area contributed by atoms with Gasteiger partial charge in [-0.1, -0.05) is 32.0 Å². The third-order valence-corrected chi connectivity index (χ3v) is 8.27. The molecule has 1 saturated heterocycles. The molecule has 4 rings (SSSR count). The Hall–Kier alpha value is -3.50. The molecule has 10 heteroatoms. The number of nitrogens with zero attached hydrogens (tertiary/aromatic N) is 2. The summed E-state index contributed by atoms with van der Waals surface area (Å²) in [6, 6.07) is 15.7. The number of likely N-dealkylation sites (tertiary alicyclic amines) is 1. The fraction of sp³-hybridized carbons (Fsp3) is 0.346. The second kappa shape index (κ2) is 9.87. The van der Waals surface area contributed by atoms with E-state index in [1.54, 1.807) is 31.5 Å². The summed E-state index contributed by atoms with van der Waals surface area (Å²) >= 11 is 0. The molecule has 1 aromatic heterocycles. The van der Waals surface area contributed by atoms with Crippen LogP contribution in [0.15, 0.2) is 59.5 Å². The van der Waals surface area contributed by atoms with E-state index in [1.165, 1.54) is 17.0 Å². The van der Waals surface area contributed by atoms with Crippen LogP contribution in [0.3, 0.4) is 0 Å². The Morgan fingerprint density at radius 1 is 1.14 bits per heavy atom. The largest absolute Gasteiger partial charge is 0.489 e. The second-order valence-electron chi connectivity index (χ2n) is 9.53. The molecular weight excluding hydrogens is 482 g/mol. The number of pyridine rings is 1. The summed E-state index contributed by atoms with van der Waals surface area (Å²) in [6.07, 6.45) is 0. The molecule has 2 heterocycles. The van der Waals surface area contributed by atoms with E-state index in [0.29, 0.717) is 5.75 Å². The highest BCUT2D eigenvalue weighted by Crippen LogP contribution is 2.35. The summed E-state index contributed by atoms with van der Waals surface area (Å²) in [4.78, 5) is 30.6. The van der Waals surface area contributed by atoms with Crippen LogP contribution in [0.4, 0.5) is 0 Å². The monoisotopic (exact) mass is 511 g/mol. The number of ether oxygens (including phenoxy) is 1. The third-order valence-electron chi connectivity index (χ3n) is 6.35. The van der Waals surface area contributed by atoms with Crippen molar-refractivity contribution in [2.75, 3.05) is 18.8 Å². The van der Waals surface area contributed by atoms with Crippen molar-refractivity contribution in [1.29, 1.82) is 0 Å². The molecule has 36 heavy (non-hydrogen) atoms. The van der Waals surface area contributed by atoms with E-state index in [-0.39, 0.29) is 36.4 Å². The molecule has 0 aliphatic carbocycles. The number of nitrogens with one attached hydrogen (secondary N) is 1. The van der Waals surface area contributed by atoms with Crippen LogP contribution in [0.5, 0.6) is 5.75 Å². The first kappa shape index (κ1) is 25.6. The first-order chi connectivity index (χ1) is 17.0. The van der Waals surface area contributed by atoms with Crippen LogP contribution in [0, 0.1) is 18.3 Å². The zero-order chi connectivity index (χ0) is 26.1. The SMILES string of the molecule is Cc1cc(COc2ccc(S(=O)(=O)CC3(C(=O)NO)CN(C(=O)C(C)C)C3)cc2)c2ccccc2n1. The van der Waals surface area contributed by atoms with Crippen molar-refractivity contribution < 1.29 is 28.0 Å². The van der Waals surface area contributed by atoms with Gasteiger partial charge in [0.15, 0.2) is 9.84 Å². The van der Waals surface area contributed by atoms with E-state index in [4.69, 9.17) is 4.74 Å². The molecule has 0 unspecified atom stereocenters. The second-order valence-corrected chi connectivity index (χ2v) is 11.5. The number of hydroxylamine groups is 1. The number of hydrogen-bond acceptors (Lipinski definition) is 7. The Bertz CT molecular complexity index is 1400. The molecule has 190 valence electrons. The van der Waals surface area contributed by atoms with E-state index in [9.17, 15) is 23.2 Å². The van der Waals surface area contributed by atoms with Gasteiger partial charge in [0, 0.05) is 35.7 Å². The number of carbonyl (C=O) groups is 2. The number of amides is 2. The Balaban J connectivity index is 1.47. The zero-order valence-electron chi connectivity index (χ0n) is 20.4. The number of aryl methyl sites for hydroxylation is 1. The van der Waals surface area contributed by atoms with Gasteiger partial charge in [-0.3, -0.25) is 19.8 Å². The first-order valence-electron chi connectivity index (χ1n) is 11.6. The molecule has 1 fully saturated rings. The number of hydrogen-bond donors (Lipinski definition) is 2. The molecule has 2 aromatic carbocycles. The molecule has 0 atom stereocenters. The Morgan fingerprint density at radius 3 is 2.44 bits per heavy atom. The van der Waals surface area contributed by atoms with Gasteiger partial charge in [-0.15, -0.1) is 0 Å². The Kier molecular flexibility index (Phi) is 7.01. The minimum Gasteiger partial charge on any atom is -0.489 e. The summed E-state index contributed by atoms with van der Waals surface area (Å²) in [5.41, 5.74) is 2.88. The summed E-state index contributed by atoms with van der Waals surface area (Å²) in [5.74, 6) is -1.31. The smallest absolute Gasteiger partial charge is 0.254 e. The molecule has 0 saturated carbocycles. The van der Waals surface area contributed by atoms with Crippen LogP contribution in [-0.2, 0) is 26.0 Å². The fourth-order valence-corrected chi connectivity index (χ4v) is 6.25. The van der Waals surface area contributed by atoms with E-state index in [2.05, 4.69) is 4.98 Å². The average molecular weight is 512 g/mol. The van der Waals surface area contributed by atoms with Crippen LogP contribution in [0.2, 0.25) is 0 Å². The number of aromatic nitrogens is 1. The lowest BCUT2D eigenvalue weighted by Crippen LogP contribution is -2.67. The molecular formula is C26H29N3O6S. The van der Waals surface area contributed by atoms with Gasteiger partial charge in [0.1, 0.15) is 17.8 Å². The van der Waals surface area contributed by atoms with Crippen molar-refractivity contribution >= 4 is 32.6 Å². The maximum Gasteiger partial charge on any atom is 0.254 e. The molecule has 2 amide bonds. The number of sulfone groups is 1. The molecule has 9 nitrogen and oxygen atoms in total. The quantitative estimate of drug-likeness (QED) is 0.352. The van der Waals surface area contributed by atoms with E-state index < -0.39 is 26.9 Å². The van der Waals surface area contributed by atoms with Crippen LogP contribution < -0.4 is 10.2 Å². The van der Waals surface area contributed by atoms with Crippen LogP contribution in [0.25, 0.3) is 10.9 Å². The summed E-state index contributed by atoms with van der Waals surface area (Å²) in [6.45, 7) is 5.52. The predicted octanol–water partition coefficient (Wildman–Crippen LogP) is 2.89. The molecule has 2 N–H and O–H groups in total. The molecule has 3 aromatic rings. The highest BCUT2D eigenvalue weighted by molar-refractivity contribution is 7.91. The van der Waals surface area contributed by atoms with Gasteiger partial charge in [-0.25, -0.2) is 13.9 Å². The summed E-state index contributed by atoms with van der Waals surface area (Å²) in [5, 5.41) is 10.2. The van der Waals surface area contributed by atoms with Gasteiger partial charge in [0.25, 0.3) is 5.91 Å². The lowest BCUT2D eigenvalue weighted by Gasteiger charge is -2.48. The standard InChI is InChI=1S/C26H29N3O6S/c1-17(2)24(30)29-14-26(15-29,25(31)28-32)16-36(33,34)21-10-8-20(9-11-21)35-13-19-12-18(3)27-23-7-5-4-6-22(19)23/h4-12,17,32H,13-16H2,1-3H3,(H,28,31). The van der Waals surface area contributed by atoms with Gasteiger partial charge in [0.05, 0.1) is 16.2 Å². The number of rotatable bonds is 8. The van der Waals surface area contributed by atoms with Crippen molar-refractivity contribution in [2.24, 2.45) is 11.3 Å². The number of para-hydroxylation sites is 1. The zero-order valence-corrected chi connectivity index (χ0v) is 21.2. The Labute approximate surface area is 210 Å². The molecule has 0 bridgehead atoms. The third kappa shape index (κ3) is 5.05. The molecule has 0 radical (unpaired) electrons. The van der Waals surface area contributed by atoms with Gasteiger partial charge in [0.2, 0.25) is 5.91 Å². The summed E-state index contributed by atoms with van der Waals surface area (Å²) in [7, 11) is -3.90. The predicted molar refractivity (Wildman–Crippen MR) is 133 cm³/mol. The Morgan fingerprint density at radius 2 is 1.81 bits per heavy atom. The average Bonchev–Trinajstić information content (AvgIpc) is 2.83. The molecule has 0 spiro atoms. The highest BCUT2D eigenvalue weighted by Gasteiger charge is 2.54. The topological polar surface area (TPSA) is 126 Å². The van der Waals surface area contributed by atoms with E-state index >= 15 is 0 Å². The first-order valence-corrected chi connectivity index (χ1v) is 13.2. The van der Waals surface area contributed by atoms with Crippen LogP contribution in [-0.4, -0.2) is 54.2 Å². The maximum absolute atomic E-state index is 13.1. The minimum atomic E-state index is -3.90. The van der Waals surface area contributed by atoms with Crippen molar-refractivity contribution in [3.8, 4) is 5.75 Å². The maximum atomic E-state index is 13.1. The van der Waals surface area contributed by atoms with Gasteiger partial charge in [-0.2, -0.15) is 0 Å². The number of benzene rings is 2. The normalized spacial score (nSPS) is 15.0. The van der Waals surface area contributed by atoms with Crippen molar-refractivity contribution in [2.45, 2.75) is 32.3 Å². The molecule has 1 aliphatic rings. The lowest BCUT2D eigenvalue weighted by molar-refractivity contribution is -0.158. The highest BCUT2D eigenvalue weighted by atomic mass is 32.2. The minimum absolute atomic E-state index is 0.0267. The van der Waals surface area contributed by atoms with E-state index in [0.717, 1.165) is 22.2 Å². The number of fused-ring (bicyclic) bond motifs is 1. The fourth-order valence-electron chi connectivity index (χ4n) is 4.49. The van der Waals surface area contributed by atoms with Crippen molar-refractivity contribution in [1.82, 2.24) is 15.4 Å². The van der Waals surface area contributed by atoms with E-state index in [1.807, 2.05) is 37.3 Å². The van der Waals surface area contributed by atoms with Crippen molar-refractivity contribution in [3.63, 3.8) is 0 Å². The number of carbonyl (C=O) groups excluding carboxylic acids is 2. The van der Waals surface area contributed by atoms with Crippen molar-refractivity contribution in [3.05, 3.63) is 65.9 Å². The van der Waals surface area contributed by atoms with Crippen LogP contribution in [0.1, 0.15) is 25.1 Å². The van der Waals surface area contributed by atoms with Crippen LogP contribution >= 0.6 is 0 Å². The van der Waals surface area contributed by atoms with Gasteiger partial charge >= 0.3 is 0 Å². The molecule has 1 aliphatic heterocycles. The summed E-state index contributed by atoms with van der Waals surface area (Å²) < 4.78 is 32.2. The van der Waals surface area contributed by atoms with Gasteiger partial charge in [-0.05, 0) is 43.3 Å². The lowest BCUT2D eigenvalue weighted by atomic mass is 9.80. The van der Waals surface area contributed by atoms with Gasteiger partial charge < -0.3 is 9.64 Å².